The number of halogens is 1. The molecule has 0 spiro atoms. The van der Waals surface area contributed by atoms with Gasteiger partial charge >= 0.3 is 0 Å². The highest BCUT2D eigenvalue weighted by Crippen LogP contribution is 2.28. The predicted octanol–water partition coefficient (Wildman–Crippen LogP) is 4.39. The van der Waals surface area contributed by atoms with Crippen molar-refractivity contribution < 1.29 is 23.8 Å². The number of nitrogens with one attached hydrogen (secondary N) is 1. The van der Waals surface area contributed by atoms with Crippen molar-refractivity contribution >= 4 is 23.6 Å². The minimum Gasteiger partial charge on any atom is -0.494 e. The zero-order valence-electron chi connectivity index (χ0n) is 20.6. The van der Waals surface area contributed by atoms with Gasteiger partial charge in [0, 0.05) is 43.1 Å². The Balaban J connectivity index is 1.40. The number of carbonyl (C=O) groups is 1. The molecule has 0 fully saturated rings. The summed E-state index contributed by atoms with van der Waals surface area (Å²) in [6.07, 6.45) is 0.994. The molecule has 0 saturated heterocycles. The highest BCUT2D eigenvalue weighted by molar-refractivity contribution is 7.98. The van der Waals surface area contributed by atoms with Crippen molar-refractivity contribution in [3.63, 3.8) is 0 Å². The molecular weight excluding hydrogens is 491 g/mol. The van der Waals surface area contributed by atoms with E-state index in [1.54, 1.807) is 23.9 Å². The molecule has 1 aliphatic rings. The molecule has 0 unspecified atom stereocenters. The standard InChI is InChI=1S/C29H31FN2O4S/c30-25-11-7-23(8-12-25)20-37-18-15-31-28(34)29(19-22-5-2-1-3-6-22)21-36-27(32-29)24-9-13-26(14-10-24)35-17-4-16-33/h1-3,5-14,33H,4,15-21H2,(H,31,34)/t29-/m1/s1. The lowest BCUT2D eigenvalue weighted by Gasteiger charge is -2.23. The van der Waals surface area contributed by atoms with Gasteiger partial charge in [0.2, 0.25) is 5.90 Å². The van der Waals surface area contributed by atoms with Crippen LogP contribution in [-0.4, -0.2) is 54.6 Å². The summed E-state index contributed by atoms with van der Waals surface area (Å²) in [5, 5.41) is 12.0. The molecule has 0 aliphatic carbocycles. The van der Waals surface area contributed by atoms with Gasteiger partial charge in [-0.15, -0.1) is 0 Å². The molecular formula is C29H31FN2O4S. The molecule has 1 aliphatic heterocycles. The Morgan fingerprint density at radius 2 is 1.81 bits per heavy atom. The number of rotatable bonds is 13. The van der Waals surface area contributed by atoms with Crippen molar-refractivity contribution in [2.45, 2.75) is 24.1 Å². The van der Waals surface area contributed by atoms with Crippen LogP contribution >= 0.6 is 11.8 Å². The molecule has 4 rings (SSSR count). The van der Waals surface area contributed by atoms with Crippen molar-refractivity contribution in [1.29, 1.82) is 0 Å². The quantitative estimate of drug-likeness (QED) is 0.326. The third-order valence-corrected chi connectivity index (χ3v) is 6.94. The Morgan fingerprint density at radius 3 is 2.54 bits per heavy atom. The first-order chi connectivity index (χ1) is 18.1. The van der Waals surface area contributed by atoms with Crippen LogP contribution in [0.15, 0.2) is 83.9 Å². The van der Waals surface area contributed by atoms with Gasteiger partial charge < -0.3 is 19.9 Å². The van der Waals surface area contributed by atoms with E-state index in [1.807, 2.05) is 54.6 Å². The Kier molecular flexibility index (Phi) is 9.57. The van der Waals surface area contributed by atoms with Crippen molar-refractivity contribution in [3.8, 4) is 5.75 Å². The van der Waals surface area contributed by atoms with E-state index in [2.05, 4.69) is 5.32 Å². The van der Waals surface area contributed by atoms with Crippen LogP contribution in [0, 0.1) is 5.82 Å². The van der Waals surface area contributed by atoms with Crippen LogP contribution in [0.1, 0.15) is 23.1 Å². The molecule has 1 amide bonds. The topological polar surface area (TPSA) is 80.2 Å². The minimum atomic E-state index is -1.06. The molecule has 3 aromatic carbocycles. The van der Waals surface area contributed by atoms with Crippen LogP contribution in [0.25, 0.3) is 0 Å². The number of aliphatic hydroxyl groups excluding tert-OH is 1. The van der Waals surface area contributed by atoms with E-state index >= 15 is 0 Å². The molecule has 37 heavy (non-hydrogen) atoms. The number of benzene rings is 3. The molecule has 0 radical (unpaired) electrons. The van der Waals surface area contributed by atoms with Gasteiger partial charge in [0.25, 0.3) is 5.91 Å². The van der Waals surface area contributed by atoms with Gasteiger partial charge in [-0.05, 0) is 47.5 Å². The SMILES string of the molecule is O=C(NCCSCc1ccc(F)cc1)[C@@]1(Cc2ccccc2)COC(c2ccc(OCCCO)cc2)=N1. The molecule has 0 aromatic heterocycles. The van der Waals surface area contributed by atoms with Gasteiger partial charge in [-0.25, -0.2) is 9.38 Å². The predicted molar refractivity (Wildman–Crippen MR) is 145 cm³/mol. The zero-order valence-corrected chi connectivity index (χ0v) is 21.4. The summed E-state index contributed by atoms with van der Waals surface area (Å²) in [7, 11) is 0. The van der Waals surface area contributed by atoms with E-state index in [0.717, 1.165) is 28.2 Å². The highest BCUT2D eigenvalue weighted by Gasteiger charge is 2.44. The smallest absolute Gasteiger partial charge is 0.252 e. The van der Waals surface area contributed by atoms with Crippen molar-refractivity contribution in [2.24, 2.45) is 4.99 Å². The molecule has 3 aromatic rings. The number of aliphatic hydroxyl groups is 1. The van der Waals surface area contributed by atoms with Crippen LogP contribution in [0.4, 0.5) is 4.39 Å². The fourth-order valence-corrected chi connectivity index (χ4v) is 4.75. The average Bonchev–Trinajstić information content (AvgIpc) is 3.36. The van der Waals surface area contributed by atoms with Crippen LogP contribution in [0.5, 0.6) is 5.75 Å². The number of amides is 1. The van der Waals surface area contributed by atoms with Crippen molar-refractivity contribution in [3.05, 3.63) is 101 Å². The van der Waals surface area contributed by atoms with E-state index < -0.39 is 5.54 Å². The Morgan fingerprint density at radius 1 is 1.05 bits per heavy atom. The van der Waals surface area contributed by atoms with Crippen LogP contribution < -0.4 is 10.1 Å². The monoisotopic (exact) mass is 522 g/mol. The maximum Gasteiger partial charge on any atom is 0.252 e. The second-order valence-electron chi connectivity index (χ2n) is 8.78. The molecule has 1 atom stereocenters. The normalized spacial score (nSPS) is 16.6. The van der Waals surface area contributed by atoms with Gasteiger partial charge in [-0.2, -0.15) is 11.8 Å². The lowest BCUT2D eigenvalue weighted by atomic mass is 9.91. The molecule has 6 nitrogen and oxygen atoms in total. The van der Waals surface area contributed by atoms with Crippen LogP contribution in [0.2, 0.25) is 0 Å². The van der Waals surface area contributed by atoms with E-state index in [-0.39, 0.29) is 24.9 Å². The van der Waals surface area contributed by atoms with Crippen molar-refractivity contribution in [1.82, 2.24) is 5.32 Å². The fraction of sp³-hybridized carbons (Fsp3) is 0.310. The molecule has 194 valence electrons. The second-order valence-corrected chi connectivity index (χ2v) is 9.89. The number of ether oxygens (including phenoxy) is 2. The van der Waals surface area contributed by atoms with E-state index in [4.69, 9.17) is 19.6 Å². The Labute approximate surface area is 220 Å². The largest absolute Gasteiger partial charge is 0.494 e. The number of hydrogen-bond acceptors (Lipinski definition) is 6. The lowest BCUT2D eigenvalue weighted by molar-refractivity contribution is -0.126. The number of carbonyl (C=O) groups excluding carboxylic acids is 1. The van der Waals surface area contributed by atoms with Gasteiger partial charge in [-0.1, -0.05) is 42.5 Å². The summed E-state index contributed by atoms with van der Waals surface area (Å²) >= 11 is 1.68. The summed E-state index contributed by atoms with van der Waals surface area (Å²) in [5.74, 6) is 2.18. The number of nitrogens with zero attached hydrogens (tertiary/aromatic N) is 1. The maximum atomic E-state index is 13.4. The Bertz CT molecular complexity index is 1170. The third-order valence-electron chi connectivity index (χ3n) is 5.91. The first-order valence-corrected chi connectivity index (χ1v) is 13.4. The molecule has 0 saturated carbocycles. The number of thioether (sulfide) groups is 1. The van der Waals surface area contributed by atoms with Crippen LogP contribution in [0.3, 0.4) is 0 Å². The molecule has 0 bridgehead atoms. The molecule has 1 heterocycles. The van der Waals surface area contributed by atoms with E-state index in [1.165, 1.54) is 12.1 Å². The third kappa shape index (κ3) is 7.57. The van der Waals surface area contributed by atoms with E-state index in [0.29, 0.717) is 37.6 Å². The lowest BCUT2D eigenvalue weighted by Crippen LogP contribution is -2.49. The summed E-state index contributed by atoms with van der Waals surface area (Å²) in [4.78, 5) is 18.2. The van der Waals surface area contributed by atoms with Gasteiger partial charge in [0.05, 0.1) is 6.61 Å². The number of aliphatic imine (C=N–C) groups is 1. The first kappa shape index (κ1) is 26.7. The zero-order chi connectivity index (χ0) is 25.9. The first-order valence-electron chi connectivity index (χ1n) is 12.3. The fourth-order valence-electron chi connectivity index (χ4n) is 3.94. The van der Waals surface area contributed by atoms with Crippen LogP contribution in [-0.2, 0) is 21.7 Å². The van der Waals surface area contributed by atoms with Gasteiger partial charge in [-0.3, -0.25) is 4.79 Å². The van der Waals surface area contributed by atoms with Crippen molar-refractivity contribution in [2.75, 3.05) is 32.1 Å². The summed E-state index contributed by atoms with van der Waals surface area (Å²) < 4.78 is 24.6. The molecule has 2 N–H and O–H groups in total. The highest BCUT2D eigenvalue weighted by atomic mass is 32.2. The van der Waals surface area contributed by atoms with E-state index in [9.17, 15) is 9.18 Å². The number of hydrogen-bond donors (Lipinski definition) is 2. The summed E-state index contributed by atoms with van der Waals surface area (Å²) in [6.45, 7) is 1.17. The van der Waals surface area contributed by atoms with Gasteiger partial charge in [0.15, 0.2) is 5.54 Å². The maximum absolute atomic E-state index is 13.4. The van der Waals surface area contributed by atoms with Gasteiger partial charge in [0.1, 0.15) is 18.2 Å². The average molecular weight is 523 g/mol. The minimum absolute atomic E-state index is 0.0846. The Hall–Kier alpha value is -3.36. The second kappa shape index (κ2) is 13.3. The summed E-state index contributed by atoms with van der Waals surface area (Å²) in [6, 6.07) is 23.6. The summed E-state index contributed by atoms with van der Waals surface area (Å²) in [5.41, 5.74) is 1.76. The molecule has 8 heteroatoms.